The van der Waals surface area contributed by atoms with Crippen molar-refractivity contribution >= 4 is 33.5 Å². The fourth-order valence-corrected chi connectivity index (χ4v) is 0.202. The predicted molar refractivity (Wildman–Crippen MR) is 49.5 cm³/mol. The summed E-state index contributed by atoms with van der Waals surface area (Å²) in [6.07, 6.45) is 4.12. The molecule has 0 atom stereocenters. The Hall–Kier alpha value is -0.160. The van der Waals surface area contributed by atoms with E-state index in [1.807, 2.05) is 0 Å². The molecule has 0 saturated heterocycles. The van der Waals surface area contributed by atoms with Gasteiger partial charge in [-0.1, -0.05) is 21.6 Å². The third kappa shape index (κ3) is 25.8. The number of ether oxygens (including phenoxy) is 1. The van der Waals surface area contributed by atoms with Crippen molar-refractivity contribution in [2.24, 2.45) is 0 Å². The molecule has 0 fully saturated rings. The van der Waals surface area contributed by atoms with Gasteiger partial charge in [0, 0.05) is 13.8 Å². The summed E-state index contributed by atoms with van der Waals surface area (Å²) in [5, 5.41) is 0. The van der Waals surface area contributed by atoms with Gasteiger partial charge in [0.2, 0.25) is 0 Å². The molecule has 66 valence electrons. The van der Waals surface area contributed by atoms with E-state index in [2.05, 4.69) is 17.2 Å². The molecule has 5 heteroatoms. The Kier molecular flexibility index (Phi) is 12.0. The van der Waals surface area contributed by atoms with Crippen LogP contribution in [0.2, 0.25) is 0 Å². The van der Waals surface area contributed by atoms with E-state index in [-0.39, 0.29) is 0 Å². The largest absolute Gasteiger partial charge is 0.394 e. The maximum Gasteiger partial charge on any atom is 0.310 e. The van der Waals surface area contributed by atoms with E-state index in [9.17, 15) is 9.59 Å². The first-order chi connectivity index (χ1) is 5.04. The SMILES string of the molecule is CC(=O)OC(C)=O.CSSC. The predicted octanol–water partition coefficient (Wildman–Crippen LogP) is 1.72. The minimum atomic E-state index is -0.562. The maximum absolute atomic E-state index is 9.81. The van der Waals surface area contributed by atoms with Crippen LogP contribution in [0.3, 0.4) is 0 Å². The van der Waals surface area contributed by atoms with Crippen LogP contribution < -0.4 is 0 Å². The number of esters is 2. The van der Waals surface area contributed by atoms with Crippen molar-refractivity contribution in [2.75, 3.05) is 12.5 Å². The molecule has 0 radical (unpaired) electrons. The summed E-state index contributed by atoms with van der Waals surface area (Å²) in [6.45, 7) is 2.36. The van der Waals surface area contributed by atoms with Crippen molar-refractivity contribution < 1.29 is 14.3 Å². The van der Waals surface area contributed by atoms with Crippen molar-refractivity contribution in [3.63, 3.8) is 0 Å². The molecular formula is C6H12O3S2. The molecule has 0 aliphatic rings. The lowest BCUT2D eigenvalue weighted by molar-refractivity contribution is -0.156. The molecule has 0 unspecified atom stereocenters. The summed E-state index contributed by atoms with van der Waals surface area (Å²) in [5.74, 6) is -1.12. The lowest BCUT2D eigenvalue weighted by Crippen LogP contribution is -2.03. The van der Waals surface area contributed by atoms with Crippen LogP contribution in [0.1, 0.15) is 13.8 Å². The zero-order valence-electron chi connectivity index (χ0n) is 7.04. The number of rotatable bonds is 1. The van der Waals surface area contributed by atoms with Crippen LogP contribution in [-0.4, -0.2) is 24.5 Å². The van der Waals surface area contributed by atoms with Gasteiger partial charge in [-0.05, 0) is 12.5 Å². The van der Waals surface area contributed by atoms with Crippen LogP contribution in [0.25, 0.3) is 0 Å². The summed E-state index contributed by atoms with van der Waals surface area (Å²) < 4.78 is 3.97. The standard InChI is InChI=1S/C4H6O3.C2H6S2/c1-3(5)7-4(2)6;1-3-4-2/h1-2H3;1-2H3. The summed E-state index contributed by atoms with van der Waals surface area (Å²) in [5.41, 5.74) is 0. The van der Waals surface area contributed by atoms with E-state index < -0.39 is 11.9 Å². The first kappa shape index (κ1) is 13.4. The van der Waals surface area contributed by atoms with E-state index in [4.69, 9.17) is 0 Å². The van der Waals surface area contributed by atoms with Crippen molar-refractivity contribution in [1.29, 1.82) is 0 Å². The van der Waals surface area contributed by atoms with Gasteiger partial charge < -0.3 is 4.74 Å². The highest BCUT2D eigenvalue weighted by Gasteiger charge is 1.93. The average Bonchev–Trinajstić information content (AvgIpc) is 1.85. The van der Waals surface area contributed by atoms with Gasteiger partial charge in [-0.15, -0.1) is 0 Å². The van der Waals surface area contributed by atoms with Crippen LogP contribution >= 0.6 is 21.6 Å². The third-order valence-corrected chi connectivity index (χ3v) is 1.79. The third-order valence-electron chi connectivity index (χ3n) is 0.454. The van der Waals surface area contributed by atoms with Gasteiger partial charge in [0.1, 0.15) is 0 Å². The van der Waals surface area contributed by atoms with Crippen molar-refractivity contribution in [3.05, 3.63) is 0 Å². The lowest BCUT2D eigenvalue weighted by Gasteiger charge is -1.87. The van der Waals surface area contributed by atoms with E-state index in [0.717, 1.165) is 0 Å². The van der Waals surface area contributed by atoms with E-state index >= 15 is 0 Å². The highest BCUT2D eigenvalue weighted by Crippen LogP contribution is 2.09. The Bertz CT molecular complexity index is 111. The number of hydrogen-bond donors (Lipinski definition) is 0. The minimum absolute atomic E-state index is 0.562. The second kappa shape index (κ2) is 9.84. The van der Waals surface area contributed by atoms with Gasteiger partial charge in [0.15, 0.2) is 0 Å². The van der Waals surface area contributed by atoms with E-state index in [1.54, 1.807) is 21.6 Å². The first-order valence-electron chi connectivity index (χ1n) is 2.80. The fourth-order valence-electron chi connectivity index (χ4n) is 0.202. The molecule has 0 bridgehead atoms. The second-order valence-electron chi connectivity index (χ2n) is 1.42. The quantitative estimate of drug-likeness (QED) is 0.363. The van der Waals surface area contributed by atoms with Crippen LogP contribution in [0.5, 0.6) is 0 Å². The van der Waals surface area contributed by atoms with Crippen LogP contribution in [0.4, 0.5) is 0 Å². The van der Waals surface area contributed by atoms with Gasteiger partial charge in [-0.25, -0.2) is 0 Å². The summed E-state index contributed by atoms with van der Waals surface area (Å²) in [7, 11) is 3.55. The van der Waals surface area contributed by atoms with E-state index in [1.165, 1.54) is 13.8 Å². The molecule has 0 aliphatic heterocycles. The molecule has 0 N–H and O–H groups in total. The Morgan fingerprint density at radius 1 is 1.00 bits per heavy atom. The topological polar surface area (TPSA) is 43.4 Å². The maximum atomic E-state index is 9.81. The summed E-state index contributed by atoms with van der Waals surface area (Å²) in [4.78, 5) is 19.6. The molecule has 3 nitrogen and oxygen atoms in total. The Balaban J connectivity index is 0. The molecule has 0 heterocycles. The molecule has 11 heavy (non-hydrogen) atoms. The molecule has 0 aromatic rings. The van der Waals surface area contributed by atoms with Crippen molar-refractivity contribution in [1.82, 2.24) is 0 Å². The van der Waals surface area contributed by atoms with Gasteiger partial charge in [0.25, 0.3) is 0 Å². The number of carbonyl (C=O) groups is 2. The van der Waals surface area contributed by atoms with Gasteiger partial charge in [-0.2, -0.15) is 0 Å². The smallest absolute Gasteiger partial charge is 0.310 e. The van der Waals surface area contributed by atoms with Crippen LogP contribution in [0.15, 0.2) is 0 Å². The second-order valence-corrected chi connectivity index (χ2v) is 4.09. The molecule has 0 aliphatic carbocycles. The zero-order valence-corrected chi connectivity index (χ0v) is 8.67. The lowest BCUT2D eigenvalue weighted by atomic mass is 10.7. The summed E-state index contributed by atoms with van der Waals surface area (Å²) in [6, 6.07) is 0. The van der Waals surface area contributed by atoms with Gasteiger partial charge >= 0.3 is 11.9 Å². The molecule has 0 aromatic heterocycles. The molecule has 0 amide bonds. The summed E-state index contributed by atoms with van der Waals surface area (Å²) >= 11 is 0. The van der Waals surface area contributed by atoms with Crippen molar-refractivity contribution in [3.8, 4) is 0 Å². The molecule has 0 aromatic carbocycles. The monoisotopic (exact) mass is 196 g/mol. The minimum Gasteiger partial charge on any atom is -0.394 e. The van der Waals surface area contributed by atoms with Crippen molar-refractivity contribution in [2.45, 2.75) is 13.8 Å². The molecular weight excluding hydrogens is 184 g/mol. The average molecular weight is 196 g/mol. The fraction of sp³-hybridized carbons (Fsp3) is 0.667. The first-order valence-corrected chi connectivity index (χ1v) is 5.77. The Labute approximate surface area is 74.7 Å². The van der Waals surface area contributed by atoms with Gasteiger partial charge in [0.05, 0.1) is 0 Å². The molecule has 0 saturated carbocycles. The normalized spacial score (nSPS) is 7.64. The zero-order chi connectivity index (χ0) is 9.28. The number of carbonyl (C=O) groups excluding carboxylic acids is 2. The van der Waals surface area contributed by atoms with E-state index in [0.29, 0.717) is 0 Å². The molecule has 0 rings (SSSR count). The van der Waals surface area contributed by atoms with Crippen LogP contribution in [0, 0.1) is 0 Å². The number of hydrogen-bond acceptors (Lipinski definition) is 5. The highest BCUT2D eigenvalue weighted by atomic mass is 33.1. The highest BCUT2D eigenvalue weighted by molar-refractivity contribution is 8.76. The van der Waals surface area contributed by atoms with Crippen LogP contribution in [-0.2, 0) is 14.3 Å². The Morgan fingerprint density at radius 2 is 1.27 bits per heavy atom. The van der Waals surface area contributed by atoms with Gasteiger partial charge in [-0.3, -0.25) is 9.59 Å². The molecule has 0 spiro atoms. The Morgan fingerprint density at radius 3 is 1.27 bits per heavy atom.